The standard InChI is InChI=1S/C17H25N2O4/c1-12(2)17(3)11-13-9-15(19(20)21-4)14(10-16(13)23-17)18-5-7-22-8-6-18/h9-10,12H,5-8,11H2,1-4H3/q+1. The van der Waals surface area contributed by atoms with Crippen molar-refractivity contribution >= 4 is 11.4 Å². The van der Waals surface area contributed by atoms with Crippen LogP contribution in [0.25, 0.3) is 0 Å². The van der Waals surface area contributed by atoms with Gasteiger partial charge in [-0.3, -0.25) is 0 Å². The van der Waals surface area contributed by atoms with Crippen molar-refractivity contribution in [3.63, 3.8) is 0 Å². The van der Waals surface area contributed by atoms with E-state index in [1.807, 2.05) is 12.1 Å². The highest BCUT2D eigenvalue weighted by Crippen LogP contribution is 2.44. The van der Waals surface area contributed by atoms with E-state index in [1.165, 1.54) is 7.11 Å². The molecule has 0 bridgehead atoms. The van der Waals surface area contributed by atoms with Gasteiger partial charge < -0.3 is 14.4 Å². The van der Waals surface area contributed by atoms with Gasteiger partial charge in [0.2, 0.25) is 0 Å². The maximum atomic E-state index is 12.2. The number of hydrogen-bond donors (Lipinski definition) is 0. The van der Waals surface area contributed by atoms with Crippen LogP contribution in [-0.2, 0) is 16.0 Å². The first-order chi connectivity index (χ1) is 10.9. The normalized spacial score (nSPS) is 23.6. The topological polar surface area (TPSA) is 51.0 Å². The fourth-order valence-corrected chi connectivity index (χ4v) is 3.12. The number of hydrogen-bond acceptors (Lipinski definition) is 5. The van der Waals surface area contributed by atoms with Gasteiger partial charge in [0.05, 0.1) is 18.1 Å². The summed E-state index contributed by atoms with van der Waals surface area (Å²) in [6.45, 7) is 9.27. The van der Waals surface area contributed by atoms with Crippen molar-refractivity contribution in [3.8, 4) is 5.75 Å². The average molecular weight is 321 g/mol. The fourth-order valence-electron chi connectivity index (χ4n) is 3.12. The van der Waals surface area contributed by atoms with Gasteiger partial charge >= 0.3 is 5.69 Å². The molecule has 2 aliphatic rings. The molecular weight excluding hydrogens is 296 g/mol. The first kappa shape index (κ1) is 16.1. The van der Waals surface area contributed by atoms with Gasteiger partial charge in [0.15, 0.2) is 7.11 Å². The molecular formula is C17H25N2O4+. The molecule has 1 aromatic carbocycles. The van der Waals surface area contributed by atoms with Crippen LogP contribution in [0.5, 0.6) is 5.75 Å². The second-order valence-electron chi connectivity index (χ2n) is 6.73. The third-order valence-corrected chi connectivity index (χ3v) is 4.98. The summed E-state index contributed by atoms with van der Waals surface area (Å²) >= 11 is 0. The molecule has 6 nitrogen and oxygen atoms in total. The van der Waals surface area contributed by atoms with Crippen molar-refractivity contribution in [1.82, 2.24) is 0 Å². The average Bonchev–Trinajstić information content (AvgIpc) is 2.90. The summed E-state index contributed by atoms with van der Waals surface area (Å²) in [6.07, 6.45) is 0.800. The maximum absolute atomic E-state index is 12.2. The molecule has 0 spiro atoms. The molecule has 3 rings (SSSR count). The molecule has 0 radical (unpaired) electrons. The summed E-state index contributed by atoms with van der Waals surface area (Å²) in [7, 11) is 1.39. The minimum Gasteiger partial charge on any atom is -0.487 e. The highest BCUT2D eigenvalue weighted by Gasteiger charge is 2.40. The maximum Gasteiger partial charge on any atom is 0.340 e. The minimum absolute atomic E-state index is 0.232. The Labute approximate surface area is 136 Å². The molecule has 1 aromatic rings. The number of benzene rings is 1. The summed E-state index contributed by atoms with van der Waals surface area (Å²) in [5.41, 5.74) is 2.21. The molecule has 126 valence electrons. The molecule has 2 heterocycles. The predicted octanol–water partition coefficient (Wildman–Crippen LogP) is 2.84. The lowest BCUT2D eigenvalue weighted by Crippen LogP contribution is -2.37. The van der Waals surface area contributed by atoms with Crippen molar-refractivity contribution < 1.29 is 19.2 Å². The van der Waals surface area contributed by atoms with E-state index in [4.69, 9.17) is 14.3 Å². The minimum atomic E-state index is -0.232. The quantitative estimate of drug-likeness (QED) is 0.798. The molecule has 23 heavy (non-hydrogen) atoms. The smallest absolute Gasteiger partial charge is 0.340 e. The fraction of sp³-hybridized carbons (Fsp3) is 0.647. The Morgan fingerprint density at radius 1 is 1.30 bits per heavy atom. The van der Waals surface area contributed by atoms with Gasteiger partial charge in [0.25, 0.3) is 4.92 Å². The van der Waals surface area contributed by atoms with E-state index < -0.39 is 0 Å². The SMILES string of the molecule is CO[N+](=O)c1cc2c(cc1N1CCOCC1)OC(C)(C(C)C)C2. The number of ether oxygens (including phenoxy) is 2. The van der Waals surface area contributed by atoms with E-state index in [1.54, 1.807) is 0 Å². The molecule has 1 saturated heterocycles. The van der Waals surface area contributed by atoms with Crippen LogP contribution in [0.1, 0.15) is 26.3 Å². The zero-order valence-electron chi connectivity index (χ0n) is 14.3. The second-order valence-corrected chi connectivity index (χ2v) is 6.73. The number of fused-ring (bicyclic) bond motifs is 1. The first-order valence-electron chi connectivity index (χ1n) is 8.14. The first-order valence-corrected chi connectivity index (χ1v) is 8.14. The highest BCUT2D eigenvalue weighted by molar-refractivity contribution is 5.69. The van der Waals surface area contributed by atoms with E-state index in [0.717, 1.165) is 36.5 Å². The van der Waals surface area contributed by atoms with Crippen LogP contribution in [0.15, 0.2) is 12.1 Å². The van der Waals surface area contributed by atoms with Gasteiger partial charge in [-0.2, -0.15) is 0 Å². The Morgan fingerprint density at radius 3 is 2.61 bits per heavy atom. The molecule has 0 aromatic heterocycles. The van der Waals surface area contributed by atoms with E-state index in [9.17, 15) is 4.91 Å². The Morgan fingerprint density at radius 2 is 2.00 bits per heavy atom. The highest BCUT2D eigenvalue weighted by atomic mass is 16.8. The number of nitrogens with zero attached hydrogens (tertiary/aromatic N) is 2. The van der Waals surface area contributed by atoms with E-state index in [2.05, 4.69) is 25.7 Å². The van der Waals surface area contributed by atoms with Gasteiger partial charge in [0, 0.05) is 37.2 Å². The zero-order chi connectivity index (χ0) is 16.6. The number of anilines is 1. The van der Waals surface area contributed by atoms with Gasteiger partial charge in [-0.1, -0.05) is 13.8 Å². The lowest BCUT2D eigenvalue weighted by Gasteiger charge is -2.29. The third kappa shape index (κ3) is 2.87. The Kier molecular flexibility index (Phi) is 4.19. The van der Waals surface area contributed by atoms with Crippen molar-refractivity contribution in [1.29, 1.82) is 0 Å². The van der Waals surface area contributed by atoms with Crippen LogP contribution in [0.4, 0.5) is 11.4 Å². The Bertz CT molecular complexity index is 611. The Hall–Kier alpha value is -1.82. The molecule has 0 saturated carbocycles. The molecule has 6 heteroatoms. The van der Waals surface area contributed by atoms with Crippen molar-refractivity contribution in [2.45, 2.75) is 32.8 Å². The number of morpholine rings is 1. The van der Waals surface area contributed by atoms with Gasteiger partial charge in [-0.05, 0) is 12.8 Å². The van der Waals surface area contributed by atoms with Crippen LogP contribution in [-0.4, -0.2) is 43.9 Å². The van der Waals surface area contributed by atoms with E-state index in [-0.39, 0.29) is 5.60 Å². The van der Waals surface area contributed by atoms with Gasteiger partial charge in [0.1, 0.15) is 17.0 Å². The van der Waals surface area contributed by atoms with Crippen molar-refractivity contribution in [3.05, 3.63) is 22.6 Å². The summed E-state index contributed by atoms with van der Waals surface area (Å²) in [5, 5.41) is 0. The molecule has 1 fully saturated rings. The molecule has 1 unspecified atom stereocenters. The van der Waals surface area contributed by atoms with Crippen molar-refractivity contribution in [2.75, 3.05) is 38.3 Å². The van der Waals surface area contributed by atoms with E-state index >= 15 is 0 Å². The monoisotopic (exact) mass is 321 g/mol. The lowest BCUT2D eigenvalue weighted by molar-refractivity contribution is -0.736. The molecule has 1 atom stereocenters. The third-order valence-electron chi connectivity index (χ3n) is 4.98. The Balaban J connectivity index is 2.01. The van der Waals surface area contributed by atoms with Gasteiger partial charge in [-0.25, -0.2) is 4.84 Å². The van der Waals surface area contributed by atoms with Crippen LogP contribution in [0.3, 0.4) is 0 Å². The lowest BCUT2D eigenvalue weighted by atomic mass is 9.88. The van der Waals surface area contributed by atoms with Crippen LogP contribution >= 0.6 is 0 Å². The van der Waals surface area contributed by atoms with E-state index in [0.29, 0.717) is 29.7 Å². The molecule has 0 amide bonds. The second kappa shape index (κ2) is 6.00. The summed E-state index contributed by atoms with van der Waals surface area (Å²) in [4.78, 5) is 19.8. The van der Waals surface area contributed by atoms with Crippen LogP contribution in [0, 0.1) is 10.8 Å². The zero-order valence-corrected chi connectivity index (χ0v) is 14.3. The van der Waals surface area contributed by atoms with Crippen LogP contribution in [0.2, 0.25) is 0 Å². The number of rotatable bonds is 4. The summed E-state index contributed by atoms with van der Waals surface area (Å²) < 4.78 is 11.6. The predicted molar refractivity (Wildman–Crippen MR) is 87.3 cm³/mol. The molecule has 0 N–H and O–H groups in total. The summed E-state index contributed by atoms with van der Waals surface area (Å²) in [6, 6.07) is 3.89. The van der Waals surface area contributed by atoms with Crippen molar-refractivity contribution in [2.24, 2.45) is 5.92 Å². The summed E-state index contributed by atoms with van der Waals surface area (Å²) in [5.74, 6) is 1.26. The van der Waals surface area contributed by atoms with Gasteiger partial charge in [-0.15, -0.1) is 0 Å². The molecule has 0 aliphatic carbocycles. The largest absolute Gasteiger partial charge is 0.487 e. The van der Waals surface area contributed by atoms with Crippen LogP contribution < -0.4 is 9.64 Å². The molecule has 2 aliphatic heterocycles.